The van der Waals surface area contributed by atoms with Gasteiger partial charge >= 0.3 is 5.97 Å². The van der Waals surface area contributed by atoms with Crippen LogP contribution in [0.25, 0.3) is 22.1 Å². The average Bonchev–Trinajstić information content (AvgIpc) is 3.33. The average molecular weight is 437 g/mol. The molecule has 1 N–H and O–H groups in total. The van der Waals surface area contributed by atoms with Gasteiger partial charge in [-0.2, -0.15) is 0 Å². The van der Waals surface area contributed by atoms with Gasteiger partial charge < -0.3 is 14.5 Å². The van der Waals surface area contributed by atoms with E-state index >= 15 is 0 Å². The highest BCUT2D eigenvalue weighted by Gasteiger charge is 2.23. The second kappa shape index (κ2) is 8.73. The lowest BCUT2D eigenvalue weighted by molar-refractivity contribution is -0.115. The number of furan rings is 1. The van der Waals surface area contributed by atoms with Gasteiger partial charge in [0.15, 0.2) is 0 Å². The quantitative estimate of drug-likeness (QED) is 0.378. The van der Waals surface area contributed by atoms with E-state index in [9.17, 15) is 14.0 Å². The van der Waals surface area contributed by atoms with Gasteiger partial charge in [-0.3, -0.25) is 4.79 Å². The first-order valence-electron chi connectivity index (χ1n) is 9.77. The maximum atomic E-state index is 13.6. The van der Waals surface area contributed by atoms with Crippen molar-refractivity contribution in [2.45, 2.75) is 20.3 Å². The van der Waals surface area contributed by atoms with Crippen molar-refractivity contribution in [2.75, 3.05) is 11.9 Å². The zero-order valence-electron chi connectivity index (χ0n) is 17.0. The van der Waals surface area contributed by atoms with Crippen LogP contribution in [-0.2, 0) is 16.0 Å². The topological polar surface area (TPSA) is 68.5 Å². The summed E-state index contributed by atoms with van der Waals surface area (Å²) in [5.74, 6) is -1.23. The molecule has 2 aromatic carbocycles. The van der Waals surface area contributed by atoms with Crippen LogP contribution in [0.2, 0.25) is 0 Å². The van der Waals surface area contributed by atoms with Crippen molar-refractivity contribution in [2.24, 2.45) is 0 Å². The van der Waals surface area contributed by atoms with Crippen molar-refractivity contribution < 1.29 is 23.1 Å². The van der Waals surface area contributed by atoms with E-state index in [-0.39, 0.29) is 18.9 Å². The Morgan fingerprint density at radius 1 is 1.16 bits per heavy atom. The molecule has 4 rings (SSSR count). The fourth-order valence-electron chi connectivity index (χ4n) is 3.34. The Bertz CT molecular complexity index is 1260. The number of anilines is 1. The lowest BCUT2D eigenvalue weighted by Gasteiger charge is -2.09. The Morgan fingerprint density at radius 2 is 1.94 bits per heavy atom. The molecule has 0 unspecified atom stereocenters. The minimum absolute atomic E-state index is 0.0174. The molecule has 0 atom stereocenters. The van der Waals surface area contributed by atoms with Crippen LogP contribution in [0, 0.1) is 12.7 Å². The minimum Gasteiger partial charge on any atom is -0.464 e. The molecular formula is C24H20FNO4S. The number of rotatable bonds is 6. The van der Waals surface area contributed by atoms with Gasteiger partial charge in [-0.15, -0.1) is 11.3 Å². The number of thiophene rings is 1. The van der Waals surface area contributed by atoms with Gasteiger partial charge in [0, 0.05) is 21.9 Å². The first-order chi connectivity index (χ1) is 15.0. The summed E-state index contributed by atoms with van der Waals surface area (Å²) in [6.07, 6.45) is 1.43. The molecule has 0 aliphatic rings. The van der Waals surface area contributed by atoms with Crippen LogP contribution in [0.3, 0.4) is 0 Å². The number of aryl methyl sites for hydroxylation is 1. The van der Waals surface area contributed by atoms with E-state index in [1.54, 1.807) is 6.92 Å². The second-order valence-electron chi connectivity index (χ2n) is 7.07. The van der Waals surface area contributed by atoms with Crippen LogP contribution in [-0.4, -0.2) is 18.5 Å². The number of amides is 1. The van der Waals surface area contributed by atoms with E-state index in [2.05, 4.69) is 5.32 Å². The van der Waals surface area contributed by atoms with Crippen molar-refractivity contribution in [3.05, 3.63) is 76.6 Å². The van der Waals surface area contributed by atoms with Crippen LogP contribution < -0.4 is 5.32 Å². The monoisotopic (exact) mass is 437 g/mol. The van der Waals surface area contributed by atoms with Crippen molar-refractivity contribution in [3.8, 4) is 11.1 Å². The number of carbonyl (C=O) groups excluding carboxylic acids is 2. The first kappa shape index (κ1) is 20.8. The Balaban J connectivity index is 1.62. The number of esters is 1. The summed E-state index contributed by atoms with van der Waals surface area (Å²) in [4.78, 5) is 25.4. The Morgan fingerprint density at radius 3 is 2.68 bits per heavy atom. The zero-order valence-corrected chi connectivity index (χ0v) is 17.8. The number of halogens is 1. The van der Waals surface area contributed by atoms with Crippen molar-refractivity contribution in [1.82, 2.24) is 0 Å². The summed E-state index contributed by atoms with van der Waals surface area (Å²) in [6, 6.07) is 12.0. The molecule has 0 spiro atoms. The largest absolute Gasteiger partial charge is 0.464 e. The Labute approximate surface area is 182 Å². The van der Waals surface area contributed by atoms with Gasteiger partial charge in [0.1, 0.15) is 22.0 Å². The highest BCUT2D eigenvalue weighted by Crippen LogP contribution is 2.36. The van der Waals surface area contributed by atoms with E-state index in [4.69, 9.17) is 9.15 Å². The van der Waals surface area contributed by atoms with Gasteiger partial charge in [0.25, 0.3) is 0 Å². The highest BCUT2D eigenvalue weighted by molar-refractivity contribution is 7.15. The fraction of sp³-hybridized carbons (Fsp3) is 0.167. The van der Waals surface area contributed by atoms with E-state index in [1.165, 1.54) is 35.8 Å². The number of ether oxygens (including phenoxy) is 1. The number of hydrogen-bond donors (Lipinski definition) is 1. The smallest absolute Gasteiger partial charge is 0.341 e. The summed E-state index contributed by atoms with van der Waals surface area (Å²) >= 11 is 1.26. The lowest BCUT2D eigenvalue weighted by atomic mass is 10.0. The number of carbonyl (C=O) groups is 2. The van der Waals surface area contributed by atoms with Gasteiger partial charge in [-0.25, -0.2) is 9.18 Å². The normalized spacial score (nSPS) is 10.9. The summed E-state index contributed by atoms with van der Waals surface area (Å²) in [6.45, 7) is 3.94. The van der Waals surface area contributed by atoms with Crippen LogP contribution in [0.5, 0.6) is 0 Å². The minimum atomic E-state index is -0.495. The Kier molecular flexibility index (Phi) is 5.86. The Hall–Kier alpha value is -3.45. The maximum absolute atomic E-state index is 13.6. The number of benzene rings is 2. The van der Waals surface area contributed by atoms with E-state index in [1.807, 2.05) is 36.6 Å². The summed E-state index contributed by atoms with van der Waals surface area (Å²) in [5.41, 5.74) is 4.08. The molecule has 0 fully saturated rings. The van der Waals surface area contributed by atoms with Crippen molar-refractivity contribution >= 4 is 39.2 Å². The molecule has 2 heterocycles. The van der Waals surface area contributed by atoms with Gasteiger partial charge in [0.05, 0.1) is 19.3 Å². The fourth-order valence-corrected chi connectivity index (χ4v) is 4.31. The predicted octanol–water partition coefficient (Wildman–Crippen LogP) is 5.97. The van der Waals surface area contributed by atoms with E-state index in [0.717, 1.165) is 11.1 Å². The molecule has 0 saturated carbocycles. The molecule has 0 bridgehead atoms. The molecule has 7 heteroatoms. The van der Waals surface area contributed by atoms with Crippen LogP contribution >= 0.6 is 11.3 Å². The van der Waals surface area contributed by atoms with Crippen LogP contribution in [0.15, 0.2) is 58.5 Å². The standard InChI is InChI=1S/C24H20FNO4S/c1-3-29-24(28)22-19(15-6-4-14(2)5-7-15)13-31-23(22)26-21(27)10-16-12-30-20-9-8-17(25)11-18(16)20/h4-9,11-13H,3,10H2,1-2H3,(H,26,27). The third kappa shape index (κ3) is 4.36. The molecule has 0 aliphatic carbocycles. The van der Waals surface area contributed by atoms with Crippen molar-refractivity contribution in [1.29, 1.82) is 0 Å². The third-order valence-electron chi connectivity index (χ3n) is 4.85. The molecule has 158 valence electrons. The summed E-state index contributed by atoms with van der Waals surface area (Å²) < 4.78 is 24.2. The molecule has 0 radical (unpaired) electrons. The van der Waals surface area contributed by atoms with Gasteiger partial charge in [0.2, 0.25) is 5.91 Å². The van der Waals surface area contributed by atoms with Gasteiger partial charge in [-0.1, -0.05) is 29.8 Å². The second-order valence-corrected chi connectivity index (χ2v) is 7.95. The molecule has 0 saturated heterocycles. The lowest BCUT2D eigenvalue weighted by Crippen LogP contribution is -2.16. The van der Waals surface area contributed by atoms with Crippen molar-refractivity contribution in [3.63, 3.8) is 0 Å². The number of hydrogen-bond acceptors (Lipinski definition) is 5. The molecular weight excluding hydrogens is 417 g/mol. The molecule has 5 nitrogen and oxygen atoms in total. The molecule has 4 aromatic rings. The highest BCUT2D eigenvalue weighted by atomic mass is 32.1. The third-order valence-corrected chi connectivity index (χ3v) is 5.75. The predicted molar refractivity (Wildman–Crippen MR) is 119 cm³/mol. The molecule has 0 aliphatic heterocycles. The van der Waals surface area contributed by atoms with Crippen LogP contribution in [0.4, 0.5) is 9.39 Å². The maximum Gasteiger partial charge on any atom is 0.341 e. The first-order valence-corrected chi connectivity index (χ1v) is 10.7. The van der Waals surface area contributed by atoms with E-state index < -0.39 is 11.8 Å². The SMILES string of the molecule is CCOC(=O)c1c(-c2ccc(C)cc2)csc1NC(=O)Cc1coc2ccc(F)cc12. The summed E-state index contributed by atoms with van der Waals surface area (Å²) in [5, 5.41) is 5.60. The van der Waals surface area contributed by atoms with E-state index in [0.29, 0.717) is 32.7 Å². The van der Waals surface area contributed by atoms with Gasteiger partial charge in [-0.05, 0) is 37.6 Å². The number of nitrogens with one attached hydrogen (secondary N) is 1. The molecule has 31 heavy (non-hydrogen) atoms. The molecule has 1 amide bonds. The number of fused-ring (bicyclic) bond motifs is 1. The molecule has 2 aromatic heterocycles. The van der Waals surface area contributed by atoms with Crippen LogP contribution in [0.1, 0.15) is 28.4 Å². The summed E-state index contributed by atoms with van der Waals surface area (Å²) in [7, 11) is 0. The zero-order chi connectivity index (χ0) is 22.0.